The molecule has 282 valence electrons. The lowest BCUT2D eigenvalue weighted by molar-refractivity contribution is -0.870. The molecule has 8 nitrogen and oxygen atoms in total. The average Bonchev–Trinajstić information content (AvgIpc) is 3.02. The zero-order chi connectivity index (χ0) is 35.8. The lowest BCUT2D eigenvalue weighted by Gasteiger charge is -2.29. The molecule has 0 heterocycles. The summed E-state index contributed by atoms with van der Waals surface area (Å²) in [5.74, 6) is -0.227. The Bertz CT molecular complexity index is 886. The van der Waals surface area contributed by atoms with E-state index in [1.54, 1.807) is 12.2 Å². The van der Waals surface area contributed by atoms with Gasteiger partial charge in [-0.3, -0.25) is 9.36 Å². The van der Waals surface area contributed by atoms with Crippen LogP contribution in [-0.4, -0.2) is 68.5 Å². The van der Waals surface area contributed by atoms with Crippen LogP contribution < -0.4 is 10.2 Å². The van der Waals surface area contributed by atoms with Crippen LogP contribution in [0.1, 0.15) is 155 Å². The molecule has 0 saturated heterocycles. The Balaban J connectivity index is 4.58. The highest BCUT2D eigenvalue weighted by molar-refractivity contribution is 7.45. The monoisotopic (exact) mass is 699 g/mol. The molecule has 0 rings (SSSR count). The van der Waals surface area contributed by atoms with Crippen molar-refractivity contribution in [3.63, 3.8) is 0 Å². The third-order valence-electron chi connectivity index (χ3n) is 8.38. The van der Waals surface area contributed by atoms with Crippen molar-refractivity contribution in [2.45, 2.75) is 167 Å². The summed E-state index contributed by atoms with van der Waals surface area (Å²) in [6, 6.07) is -0.919. The van der Waals surface area contributed by atoms with Crippen molar-refractivity contribution in [2.24, 2.45) is 0 Å². The number of hydrogen-bond donors (Lipinski definition) is 2. The largest absolute Gasteiger partial charge is 0.756 e. The molecule has 3 atom stereocenters. The predicted octanol–water partition coefficient (Wildman–Crippen LogP) is 9.33. The second-order valence-corrected chi connectivity index (χ2v) is 15.7. The minimum absolute atomic E-state index is 0.0111. The van der Waals surface area contributed by atoms with E-state index >= 15 is 0 Å². The van der Waals surface area contributed by atoms with E-state index < -0.39 is 26.6 Å². The van der Waals surface area contributed by atoms with Gasteiger partial charge >= 0.3 is 0 Å². The number of unbranched alkanes of at least 4 members (excludes halogenated alkanes) is 18. The maximum atomic E-state index is 12.8. The molecule has 0 spiro atoms. The van der Waals surface area contributed by atoms with Crippen molar-refractivity contribution in [3.05, 3.63) is 36.5 Å². The smallest absolute Gasteiger partial charge is 0.268 e. The summed E-state index contributed by atoms with van der Waals surface area (Å²) in [5.41, 5.74) is 0. The van der Waals surface area contributed by atoms with Gasteiger partial charge in [-0.2, -0.15) is 0 Å². The van der Waals surface area contributed by atoms with Gasteiger partial charge in [0.05, 0.1) is 39.9 Å². The normalized spacial score (nSPS) is 15.1. The summed E-state index contributed by atoms with van der Waals surface area (Å²) in [4.78, 5) is 25.1. The van der Waals surface area contributed by atoms with Gasteiger partial charge in [0.2, 0.25) is 5.91 Å². The molecule has 0 aliphatic rings. The second kappa shape index (κ2) is 31.7. The number of amides is 1. The molecule has 9 heteroatoms. The maximum absolute atomic E-state index is 12.8. The number of hydrogen-bond acceptors (Lipinski definition) is 6. The number of aliphatic hydroxyl groups is 1. The number of carbonyl (C=O) groups is 1. The first-order valence-electron chi connectivity index (χ1n) is 19.4. The lowest BCUT2D eigenvalue weighted by Crippen LogP contribution is -2.45. The highest BCUT2D eigenvalue weighted by atomic mass is 31.2. The van der Waals surface area contributed by atoms with E-state index in [4.69, 9.17) is 9.05 Å². The lowest BCUT2D eigenvalue weighted by atomic mass is 10.1. The minimum Gasteiger partial charge on any atom is -0.756 e. The van der Waals surface area contributed by atoms with Crippen LogP contribution in [0.2, 0.25) is 0 Å². The van der Waals surface area contributed by atoms with E-state index in [1.807, 2.05) is 27.2 Å². The number of carbonyl (C=O) groups excluding carboxylic acids is 1. The molecular formula is C39H75N2O6P. The Labute approximate surface area is 296 Å². The van der Waals surface area contributed by atoms with Crippen molar-refractivity contribution in [3.8, 4) is 0 Å². The van der Waals surface area contributed by atoms with Gasteiger partial charge in [-0.25, -0.2) is 0 Å². The van der Waals surface area contributed by atoms with E-state index in [0.29, 0.717) is 17.4 Å². The maximum Gasteiger partial charge on any atom is 0.268 e. The standard InChI is InChI=1S/C39H75N2O6P/c1-6-8-10-12-14-16-18-19-20-21-23-25-27-29-31-33-39(43)40-37(36-47-48(44,45)46-35-34-41(3,4)5)38(42)32-30-28-26-24-22-17-15-13-11-9-7-2/h19-20,26,28,30,32,37-38,42H,6-18,21-25,27,29,31,33-36H2,1-5H3,(H-,40,43,44,45)/b20-19+,28-26+,32-30+/t37-,38+/m0/s1. The molecule has 0 radical (unpaired) electrons. The predicted molar refractivity (Wildman–Crippen MR) is 201 cm³/mol. The molecule has 1 unspecified atom stereocenters. The van der Waals surface area contributed by atoms with Gasteiger partial charge < -0.3 is 28.8 Å². The van der Waals surface area contributed by atoms with E-state index in [9.17, 15) is 19.4 Å². The van der Waals surface area contributed by atoms with Gasteiger partial charge in [-0.1, -0.05) is 140 Å². The van der Waals surface area contributed by atoms with Crippen LogP contribution in [0.25, 0.3) is 0 Å². The summed E-state index contributed by atoms with van der Waals surface area (Å²) in [6.45, 7) is 4.55. The number of phosphoric acid groups is 1. The van der Waals surface area contributed by atoms with Crippen molar-refractivity contribution in [2.75, 3.05) is 40.9 Å². The summed E-state index contributed by atoms with van der Waals surface area (Å²) >= 11 is 0. The molecule has 0 fully saturated rings. The molecule has 0 aliphatic carbocycles. The zero-order valence-electron chi connectivity index (χ0n) is 31.7. The van der Waals surface area contributed by atoms with E-state index in [2.05, 4.69) is 37.4 Å². The van der Waals surface area contributed by atoms with E-state index in [0.717, 1.165) is 51.4 Å². The fraction of sp³-hybridized carbons (Fsp3) is 0.821. The third kappa shape index (κ3) is 33.2. The molecule has 2 N–H and O–H groups in total. The first-order chi connectivity index (χ1) is 23.0. The van der Waals surface area contributed by atoms with E-state index in [-0.39, 0.29) is 12.5 Å². The fourth-order valence-electron chi connectivity index (χ4n) is 5.20. The second-order valence-electron chi connectivity index (χ2n) is 14.3. The van der Waals surface area contributed by atoms with Crippen molar-refractivity contribution >= 4 is 13.7 Å². The molecule has 0 aliphatic heterocycles. The van der Waals surface area contributed by atoms with E-state index in [1.165, 1.54) is 83.5 Å². The molecule has 0 saturated carbocycles. The SMILES string of the molecule is CCCCCCCC/C=C/CCCCCCCC(=O)N[C@@H](COP(=O)([O-])OCC[N+](C)(C)C)[C@H](O)/C=C/C=C/CCCCCCCCC. The Morgan fingerprint density at radius 3 is 1.73 bits per heavy atom. The number of quaternary nitrogens is 1. The number of phosphoric ester groups is 1. The molecule has 1 amide bonds. The first kappa shape index (κ1) is 46.7. The van der Waals surface area contributed by atoms with Gasteiger partial charge in [0, 0.05) is 6.42 Å². The molecule has 0 aromatic carbocycles. The minimum atomic E-state index is -4.59. The molecule has 0 aromatic heterocycles. The van der Waals surface area contributed by atoms with Crippen LogP contribution in [0.4, 0.5) is 0 Å². The Hall–Kier alpha value is -1.28. The summed E-state index contributed by atoms with van der Waals surface area (Å²) in [6.07, 6.45) is 36.2. The topological polar surface area (TPSA) is 108 Å². The number of nitrogens with one attached hydrogen (secondary N) is 1. The Kier molecular flexibility index (Phi) is 30.8. The van der Waals surface area contributed by atoms with Crippen molar-refractivity contribution in [1.29, 1.82) is 0 Å². The highest BCUT2D eigenvalue weighted by Gasteiger charge is 2.23. The van der Waals surface area contributed by atoms with Gasteiger partial charge in [-0.05, 0) is 44.9 Å². The van der Waals surface area contributed by atoms with Crippen LogP contribution in [0.3, 0.4) is 0 Å². The van der Waals surface area contributed by atoms with Crippen LogP contribution in [0, 0.1) is 0 Å². The Morgan fingerprint density at radius 1 is 0.729 bits per heavy atom. The highest BCUT2D eigenvalue weighted by Crippen LogP contribution is 2.38. The van der Waals surface area contributed by atoms with Crippen LogP contribution in [0.15, 0.2) is 36.5 Å². The molecule has 0 aromatic rings. The van der Waals surface area contributed by atoms with Gasteiger partial charge in [0.25, 0.3) is 7.82 Å². The Morgan fingerprint density at radius 2 is 1.21 bits per heavy atom. The number of aliphatic hydroxyl groups excluding tert-OH is 1. The number of nitrogens with zero attached hydrogens (tertiary/aromatic N) is 1. The first-order valence-corrected chi connectivity index (χ1v) is 20.8. The quantitative estimate of drug-likeness (QED) is 0.0228. The molecule has 48 heavy (non-hydrogen) atoms. The van der Waals surface area contributed by atoms with Crippen LogP contribution in [0.5, 0.6) is 0 Å². The average molecular weight is 699 g/mol. The number of likely N-dealkylation sites (N-methyl/N-ethyl adjacent to an activating group) is 1. The van der Waals surface area contributed by atoms with Gasteiger partial charge in [-0.15, -0.1) is 0 Å². The zero-order valence-corrected chi connectivity index (χ0v) is 32.6. The van der Waals surface area contributed by atoms with Crippen LogP contribution >= 0.6 is 7.82 Å². The number of allylic oxidation sites excluding steroid dienone is 5. The summed E-state index contributed by atoms with van der Waals surface area (Å²) in [5, 5.41) is 13.6. The van der Waals surface area contributed by atoms with Gasteiger partial charge in [0.15, 0.2) is 0 Å². The summed E-state index contributed by atoms with van der Waals surface area (Å²) in [7, 11) is 1.22. The number of rotatable bonds is 34. The molecule has 0 bridgehead atoms. The fourth-order valence-corrected chi connectivity index (χ4v) is 5.93. The third-order valence-corrected chi connectivity index (χ3v) is 9.34. The van der Waals surface area contributed by atoms with Crippen molar-refractivity contribution < 1.29 is 32.9 Å². The summed E-state index contributed by atoms with van der Waals surface area (Å²) < 4.78 is 23.0. The molecular weight excluding hydrogens is 623 g/mol. The van der Waals surface area contributed by atoms with Crippen molar-refractivity contribution in [1.82, 2.24) is 5.32 Å². The van der Waals surface area contributed by atoms with Crippen LogP contribution in [-0.2, 0) is 18.4 Å². The van der Waals surface area contributed by atoms with Gasteiger partial charge in [0.1, 0.15) is 13.2 Å².